The van der Waals surface area contributed by atoms with Crippen molar-refractivity contribution in [2.24, 2.45) is 0 Å². The van der Waals surface area contributed by atoms with E-state index >= 15 is 0 Å². The molecule has 3 aromatic rings. The summed E-state index contributed by atoms with van der Waals surface area (Å²) in [5.74, 6) is 0.385. The van der Waals surface area contributed by atoms with Gasteiger partial charge in [0.1, 0.15) is 11.5 Å². The smallest absolute Gasteiger partial charge is 0.322 e. The predicted molar refractivity (Wildman–Crippen MR) is 105 cm³/mol. The molecule has 1 N–H and O–H groups in total. The maximum atomic E-state index is 13.7. The Hall–Kier alpha value is -3.68. The van der Waals surface area contributed by atoms with E-state index in [0.29, 0.717) is 28.6 Å². The van der Waals surface area contributed by atoms with Crippen LogP contribution in [0.4, 0.5) is 10.1 Å². The molecule has 0 radical (unpaired) electrons. The summed E-state index contributed by atoms with van der Waals surface area (Å²) in [6.07, 6.45) is 0. The lowest BCUT2D eigenvalue weighted by molar-refractivity contribution is -0.118. The summed E-state index contributed by atoms with van der Waals surface area (Å²) in [5.41, 5.74) is 1.43. The Morgan fingerprint density at radius 2 is 1.62 bits per heavy atom. The molecule has 0 aliphatic rings. The number of methoxy groups -OCH3 is 1. The Morgan fingerprint density at radius 1 is 1.00 bits per heavy atom. The maximum absolute atomic E-state index is 13.7. The van der Waals surface area contributed by atoms with Crippen molar-refractivity contribution >= 4 is 11.6 Å². The molecule has 3 rings (SSSR count). The summed E-state index contributed by atoms with van der Waals surface area (Å²) in [4.78, 5) is 20.6. The fraction of sp³-hybridized carbons (Fsp3) is 0.190. The number of halogens is 1. The average Bonchev–Trinajstić information content (AvgIpc) is 2.71. The molecule has 0 aliphatic carbocycles. The van der Waals surface area contributed by atoms with Crippen molar-refractivity contribution in [3.8, 4) is 23.3 Å². The van der Waals surface area contributed by atoms with Crippen molar-refractivity contribution in [2.75, 3.05) is 19.0 Å². The minimum atomic E-state index is -0.514. The highest BCUT2D eigenvalue weighted by Gasteiger charge is 2.14. The molecule has 1 heterocycles. The molecule has 0 aliphatic heterocycles. The first kappa shape index (κ1) is 20.1. The van der Waals surface area contributed by atoms with E-state index in [0.717, 1.165) is 0 Å². The topological polar surface area (TPSA) is 82.6 Å². The van der Waals surface area contributed by atoms with E-state index in [4.69, 9.17) is 14.2 Å². The van der Waals surface area contributed by atoms with Gasteiger partial charge in [-0.3, -0.25) is 4.79 Å². The van der Waals surface area contributed by atoms with E-state index in [9.17, 15) is 9.18 Å². The van der Waals surface area contributed by atoms with E-state index in [-0.39, 0.29) is 24.3 Å². The van der Waals surface area contributed by atoms with Gasteiger partial charge < -0.3 is 19.5 Å². The van der Waals surface area contributed by atoms with E-state index < -0.39 is 5.82 Å². The van der Waals surface area contributed by atoms with E-state index in [1.54, 1.807) is 57.4 Å². The van der Waals surface area contributed by atoms with Crippen LogP contribution in [-0.2, 0) is 4.79 Å². The molecule has 150 valence electrons. The molecule has 1 aromatic heterocycles. The van der Waals surface area contributed by atoms with Crippen molar-refractivity contribution < 1.29 is 23.4 Å². The van der Waals surface area contributed by atoms with Crippen LogP contribution in [0.5, 0.6) is 23.3 Å². The summed E-state index contributed by atoms with van der Waals surface area (Å²) in [7, 11) is 1.57. The van der Waals surface area contributed by atoms with Crippen LogP contribution in [0.25, 0.3) is 0 Å². The fourth-order valence-electron chi connectivity index (χ4n) is 2.53. The van der Waals surface area contributed by atoms with Crippen molar-refractivity contribution in [3.05, 3.63) is 65.7 Å². The molecule has 1 amide bonds. The average molecular weight is 397 g/mol. The molecular weight excluding hydrogens is 377 g/mol. The highest BCUT2D eigenvalue weighted by atomic mass is 19.1. The van der Waals surface area contributed by atoms with Gasteiger partial charge in [0.2, 0.25) is 0 Å². The van der Waals surface area contributed by atoms with Gasteiger partial charge in [-0.15, -0.1) is 0 Å². The highest BCUT2D eigenvalue weighted by Crippen LogP contribution is 2.25. The van der Waals surface area contributed by atoms with Gasteiger partial charge in [0.25, 0.3) is 5.91 Å². The number of ether oxygens (including phenoxy) is 3. The zero-order valence-electron chi connectivity index (χ0n) is 16.2. The monoisotopic (exact) mass is 397 g/mol. The van der Waals surface area contributed by atoms with Gasteiger partial charge in [-0.1, -0.05) is 12.1 Å². The van der Waals surface area contributed by atoms with Crippen molar-refractivity contribution in [1.82, 2.24) is 9.97 Å². The maximum Gasteiger partial charge on any atom is 0.322 e. The Kier molecular flexibility index (Phi) is 6.23. The van der Waals surface area contributed by atoms with Crippen molar-refractivity contribution in [3.63, 3.8) is 0 Å². The molecule has 0 fully saturated rings. The molecule has 0 bridgehead atoms. The third-order valence-electron chi connectivity index (χ3n) is 3.98. The van der Waals surface area contributed by atoms with Crippen LogP contribution in [0.1, 0.15) is 11.4 Å². The number of carbonyl (C=O) groups is 1. The van der Waals surface area contributed by atoms with Crippen LogP contribution in [0.2, 0.25) is 0 Å². The fourth-order valence-corrected chi connectivity index (χ4v) is 2.53. The number of carbonyl (C=O) groups excluding carboxylic acids is 1. The van der Waals surface area contributed by atoms with Gasteiger partial charge in [-0.25, -0.2) is 4.39 Å². The molecule has 2 aromatic carbocycles. The first-order valence-electron chi connectivity index (χ1n) is 8.80. The first-order chi connectivity index (χ1) is 14.0. The summed E-state index contributed by atoms with van der Waals surface area (Å²) < 4.78 is 29.7. The van der Waals surface area contributed by atoms with E-state index in [1.165, 1.54) is 12.1 Å². The van der Waals surface area contributed by atoms with E-state index in [2.05, 4.69) is 15.3 Å². The van der Waals surface area contributed by atoms with Gasteiger partial charge in [-0.05, 0) is 50.2 Å². The summed E-state index contributed by atoms with van der Waals surface area (Å²) >= 11 is 0. The molecule has 8 heteroatoms. The van der Waals surface area contributed by atoms with Crippen LogP contribution in [0.3, 0.4) is 0 Å². The lowest BCUT2D eigenvalue weighted by Crippen LogP contribution is -2.22. The number of rotatable bonds is 7. The van der Waals surface area contributed by atoms with Gasteiger partial charge in [0.05, 0.1) is 24.2 Å². The Morgan fingerprint density at radius 3 is 2.24 bits per heavy atom. The molecule has 0 saturated heterocycles. The van der Waals surface area contributed by atoms with Crippen LogP contribution >= 0.6 is 0 Å². The van der Waals surface area contributed by atoms with E-state index in [1.807, 2.05) is 0 Å². The largest absolute Gasteiger partial charge is 0.497 e. The number of nitrogens with one attached hydrogen (secondary N) is 1. The zero-order valence-corrected chi connectivity index (χ0v) is 16.2. The van der Waals surface area contributed by atoms with Gasteiger partial charge in [-0.2, -0.15) is 9.97 Å². The number of benzene rings is 2. The second kappa shape index (κ2) is 9.01. The molecule has 0 saturated carbocycles. The van der Waals surface area contributed by atoms with Crippen molar-refractivity contribution in [2.45, 2.75) is 13.8 Å². The lowest BCUT2D eigenvalue weighted by Gasteiger charge is -2.13. The normalized spacial score (nSPS) is 10.3. The number of nitrogens with zero attached hydrogens (tertiary/aromatic N) is 2. The Labute approximate surface area is 167 Å². The van der Waals surface area contributed by atoms with Crippen molar-refractivity contribution in [1.29, 1.82) is 0 Å². The minimum Gasteiger partial charge on any atom is -0.497 e. The SMILES string of the molecule is COc1ccc(OCC(=O)Nc2c(C)nc(Oc3ccccc3F)nc2C)cc1. The van der Waals surface area contributed by atoms with Gasteiger partial charge in [0.15, 0.2) is 18.2 Å². The second-order valence-electron chi connectivity index (χ2n) is 6.10. The highest BCUT2D eigenvalue weighted by molar-refractivity contribution is 5.92. The van der Waals surface area contributed by atoms with Crippen LogP contribution in [0, 0.1) is 19.7 Å². The zero-order chi connectivity index (χ0) is 20.8. The molecule has 0 unspecified atom stereocenters. The van der Waals surface area contributed by atoms with Gasteiger partial charge >= 0.3 is 6.01 Å². The van der Waals surface area contributed by atoms with Crippen LogP contribution < -0.4 is 19.5 Å². The minimum absolute atomic E-state index is 0.00224. The van der Waals surface area contributed by atoms with Crippen LogP contribution in [-0.4, -0.2) is 29.6 Å². The molecule has 0 spiro atoms. The molecular formula is C21H20FN3O4. The standard InChI is InChI=1S/C21H20FN3O4/c1-13-20(25-19(26)12-28-16-10-8-15(27-3)9-11-16)14(2)24-21(23-13)29-18-7-5-4-6-17(18)22/h4-11H,12H2,1-3H3,(H,25,26). The molecule has 29 heavy (non-hydrogen) atoms. The number of hydrogen-bond donors (Lipinski definition) is 1. The number of anilines is 1. The van der Waals surface area contributed by atoms with Crippen LogP contribution in [0.15, 0.2) is 48.5 Å². The predicted octanol–water partition coefficient (Wildman–Crippen LogP) is 4.05. The number of aryl methyl sites for hydroxylation is 2. The number of hydrogen-bond acceptors (Lipinski definition) is 6. The quantitative estimate of drug-likeness (QED) is 0.648. The molecule has 7 nitrogen and oxygen atoms in total. The summed E-state index contributed by atoms with van der Waals surface area (Å²) in [6, 6.07) is 12.9. The summed E-state index contributed by atoms with van der Waals surface area (Å²) in [6.45, 7) is 3.21. The number of aromatic nitrogens is 2. The third kappa shape index (κ3) is 5.19. The lowest BCUT2D eigenvalue weighted by atomic mass is 10.3. The summed E-state index contributed by atoms with van der Waals surface area (Å²) in [5, 5.41) is 2.73. The third-order valence-corrected chi connectivity index (χ3v) is 3.98. The first-order valence-corrected chi connectivity index (χ1v) is 8.80. The molecule has 0 atom stereocenters. The Balaban J connectivity index is 1.64. The number of amides is 1. The second-order valence-corrected chi connectivity index (χ2v) is 6.10. The van der Waals surface area contributed by atoms with Gasteiger partial charge in [0, 0.05) is 0 Å². The Bertz CT molecular complexity index is 986. The number of para-hydroxylation sites is 1.